The molecule has 4 aromatic heterocycles. The number of aromatic nitrogens is 4. The molecule has 0 bridgehead atoms. The van der Waals surface area contributed by atoms with E-state index in [-0.39, 0.29) is 6.04 Å². The zero-order valence-electron chi connectivity index (χ0n) is 16.9. The van der Waals surface area contributed by atoms with Crippen molar-refractivity contribution in [1.29, 1.82) is 0 Å². The van der Waals surface area contributed by atoms with Gasteiger partial charge in [0.2, 0.25) is 0 Å². The van der Waals surface area contributed by atoms with Crippen LogP contribution >= 0.6 is 0 Å². The van der Waals surface area contributed by atoms with Crippen molar-refractivity contribution in [3.05, 3.63) is 84.2 Å². The lowest BCUT2D eigenvalue weighted by Gasteiger charge is -2.39. The summed E-state index contributed by atoms with van der Waals surface area (Å²) < 4.78 is 2.19. The molecular weight excluding hydrogens is 358 g/mol. The highest BCUT2D eigenvalue weighted by atomic mass is 15.2. The minimum atomic E-state index is 0.289. The van der Waals surface area contributed by atoms with E-state index in [1.54, 1.807) is 6.20 Å². The molecule has 5 rings (SSSR count). The molecule has 1 aliphatic rings. The Morgan fingerprint density at radius 2 is 1.83 bits per heavy atom. The van der Waals surface area contributed by atoms with Gasteiger partial charge in [0, 0.05) is 30.4 Å². The molecule has 5 heterocycles. The van der Waals surface area contributed by atoms with E-state index >= 15 is 0 Å². The molecule has 1 aliphatic heterocycles. The van der Waals surface area contributed by atoms with E-state index < -0.39 is 0 Å². The Morgan fingerprint density at radius 3 is 2.66 bits per heavy atom. The van der Waals surface area contributed by atoms with Gasteiger partial charge in [-0.2, -0.15) is 0 Å². The molecule has 0 aliphatic carbocycles. The highest BCUT2D eigenvalue weighted by Gasteiger charge is 2.32. The van der Waals surface area contributed by atoms with Gasteiger partial charge in [-0.05, 0) is 69.1 Å². The van der Waals surface area contributed by atoms with Gasteiger partial charge in [-0.1, -0.05) is 12.1 Å². The number of hydrogen-bond donors (Lipinski definition) is 0. The Balaban J connectivity index is 1.53. The molecule has 2 atom stereocenters. The maximum Gasteiger partial charge on any atom is 0.137 e. The summed E-state index contributed by atoms with van der Waals surface area (Å²) >= 11 is 0. The van der Waals surface area contributed by atoms with E-state index in [9.17, 15) is 0 Å². The molecule has 0 N–H and O–H groups in total. The average molecular weight is 383 g/mol. The first kappa shape index (κ1) is 18.0. The van der Waals surface area contributed by atoms with E-state index in [1.807, 2.05) is 24.5 Å². The molecule has 1 fully saturated rings. The number of pyridine rings is 3. The lowest BCUT2D eigenvalue weighted by atomic mass is 9.91. The lowest BCUT2D eigenvalue weighted by Crippen LogP contribution is -2.34. The predicted molar refractivity (Wildman–Crippen MR) is 114 cm³/mol. The Labute approximate surface area is 171 Å². The van der Waals surface area contributed by atoms with E-state index in [4.69, 9.17) is 9.97 Å². The molecule has 0 aromatic carbocycles. The van der Waals surface area contributed by atoms with Gasteiger partial charge in [0.1, 0.15) is 5.65 Å². The van der Waals surface area contributed by atoms with Crippen LogP contribution in [0.4, 0.5) is 0 Å². The van der Waals surface area contributed by atoms with Crippen LogP contribution in [-0.4, -0.2) is 31.3 Å². The van der Waals surface area contributed by atoms with Gasteiger partial charge in [-0.15, -0.1) is 0 Å². The van der Waals surface area contributed by atoms with Crippen LogP contribution in [0.15, 0.2) is 67.3 Å². The van der Waals surface area contributed by atoms with Crippen molar-refractivity contribution in [3.63, 3.8) is 0 Å². The SMILES string of the molecule is Cc1cccnc1[C@H]1CCC[C@@H](c2cn3c(-c4cccnc4)cccc3n2)N1C. The summed E-state index contributed by atoms with van der Waals surface area (Å²) in [5.41, 5.74) is 6.78. The zero-order valence-corrected chi connectivity index (χ0v) is 16.9. The molecule has 4 aromatic rings. The minimum Gasteiger partial charge on any atom is -0.299 e. The summed E-state index contributed by atoms with van der Waals surface area (Å²) in [7, 11) is 2.22. The quantitative estimate of drug-likeness (QED) is 0.500. The van der Waals surface area contributed by atoms with E-state index in [0.717, 1.165) is 35.4 Å². The van der Waals surface area contributed by atoms with Crippen LogP contribution in [0.2, 0.25) is 0 Å². The summed E-state index contributed by atoms with van der Waals surface area (Å²) in [6.07, 6.45) is 11.3. The van der Waals surface area contributed by atoms with E-state index in [0.29, 0.717) is 6.04 Å². The average Bonchev–Trinajstić information content (AvgIpc) is 3.19. The largest absolute Gasteiger partial charge is 0.299 e. The second-order valence-corrected chi connectivity index (χ2v) is 7.88. The third-order valence-electron chi connectivity index (χ3n) is 6.11. The van der Waals surface area contributed by atoms with Crippen LogP contribution in [0.5, 0.6) is 0 Å². The first-order chi connectivity index (χ1) is 14.2. The van der Waals surface area contributed by atoms with Crippen LogP contribution < -0.4 is 0 Å². The van der Waals surface area contributed by atoms with Gasteiger partial charge in [0.25, 0.3) is 0 Å². The number of piperidine rings is 1. The van der Waals surface area contributed by atoms with Gasteiger partial charge >= 0.3 is 0 Å². The zero-order chi connectivity index (χ0) is 19.8. The minimum absolute atomic E-state index is 0.289. The molecular formula is C24H25N5. The normalized spacial score (nSPS) is 20.2. The number of hydrogen-bond acceptors (Lipinski definition) is 4. The number of imidazole rings is 1. The highest BCUT2D eigenvalue weighted by molar-refractivity contribution is 5.63. The molecule has 5 heteroatoms. The van der Waals surface area contributed by atoms with E-state index in [1.165, 1.54) is 17.7 Å². The van der Waals surface area contributed by atoms with Crippen molar-refractivity contribution in [2.45, 2.75) is 38.3 Å². The van der Waals surface area contributed by atoms with Crippen molar-refractivity contribution in [1.82, 2.24) is 24.3 Å². The predicted octanol–water partition coefficient (Wildman–Crippen LogP) is 5.00. The Kier molecular flexibility index (Phi) is 4.60. The molecule has 0 saturated carbocycles. The molecule has 0 radical (unpaired) electrons. The molecule has 29 heavy (non-hydrogen) atoms. The molecule has 0 amide bonds. The highest BCUT2D eigenvalue weighted by Crippen LogP contribution is 2.40. The van der Waals surface area contributed by atoms with Gasteiger partial charge < -0.3 is 0 Å². The maximum atomic E-state index is 5.00. The number of aryl methyl sites for hydroxylation is 1. The summed E-state index contributed by atoms with van der Waals surface area (Å²) in [6.45, 7) is 2.16. The first-order valence-electron chi connectivity index (χ1n) is 10.2. The van der Waals surface area contributed by atoms with Gasteiger partial charge in [-0.25, -0.2) is 4.98 Å². The smallest absolute Gasteiger partial charge is 0.137 e. The number of rotatable bonds is 3. The second-order valence-electron chi connectivity index (χ2n) is 7.88. The van der Waals surface area contributed by atoms with Gasteiger partial charge in [0.05, 0.1) is 29.2 Å². The first-order valence-corrected chi connectivity index (χ1v) is 10.2. The monoisotopic (exact) mass is 383 g/mol. The Hall–Kier alpha value is -3.05. The second kappa shape index (κ2) is 7.41. The summed E-state index contributed by atoms with van der Waals surface area (Å²) in [5, 5.41) is 0. The lowest BCUT2D eigenvalue weighted by molar-refractivity contribution is 0.109. The fourth-order valence-corrected chi connectivity index (χ4v) is 4.60. The summed E-state index contributed by atoms with van der Waals surface area (Å²) in [6, 6.07) is 15.1. The molecule has 0 spiro atoms. The van der Waals surface area contributed by atoms with Crippen LogP contribution in [0.1, 0.15) is 48.3 Å². The maximum absolute atomic E-state index is 5.00. The molecule has 5 nitrogen and oxygen atoms in total. The van der Waals surface area contributed by atoms with Crippen LogP contribution in [0.3, 0.4) is 0 Å². The summed E-state index contributed by atoms with van der Waals surface area (Å²) in [5.74, 6) is 0. The summed E-state index contributed by atoms with van der Waals surface area (Å²) in [4.78, 5) is 16.4. The fraction of sp³-hybridized carbons (Fsp3) is 0.292. The van der Waals surface area contributed by atoms with Gasteiger partial charge in [-0.3, -0.25) is 19.3 Å². The Morgan fingerprint density at radius 1 is 0.966 bits per heavy atom. The number of fused-ring (bicyclic) bond motifs is 1. The van der Waals surface area contributed by atoms with Crippen molar-refractivity contribution in [2.75, 3.05) is 7.05 Å². The van der Waals surface area contributed by atoms with Crippen LogP contribution in [0.25, 0.3) is 16.9 Å². The standard InChI is InChI=1S/C24H25N5/c1-17-7-5-14-26-24(17)22-11-3-10-21(28(22)2)19-16-29-20(9-4-12-23(29)27-19)18-8-6-13-25-15-18/h4-9,12-16,21-22H,3,10-11H2,1-2H3/t21-,22+/m0/s1. The number of likely N-dealkylation sites (tertiary alicyclic amines) is 1. The van der Waals surface area contributed by atoms with E-state index in [2.05, 4.69) is 64.8 Å². The third-order valence-corrected chi connectivity index (χ3v) is 6.11. The van der Waals surface area contributed by atoms with Crippen LogP contribution in [-0.2, 0) is 0 Å². The van der Waals surface area contributed by atoms with Gasteiger partial charge in [0.15, 0.2) is 0 Å². The molecule has 146 valence electrons. The Bertz CT molecular complexity index is 1130. The van der Waals surface area contributed by atoms with Crippen LogP contribution in [0, 0.1) is 6.92 Å². The van der Waals surface area contributed by atoms with Crippen molar-refractivity contribution in [2.24, 2.45) is 0 Å². The number of nitrogens with zero attached hydrogens (tertiary/aromatic N) is 5. The topological polar surface area (TPSA) is 46.3 Å². The molecule has 0 unspecified atom stereocenters. The third kappa shape index (κ3) is 3.21. The van der Waals surface area contributed by atoms with Crippen molar-refractivity contribution < 1.29 is 0 Å². The van der Waals surface area contributed by atoms with Crippen molar-refractivity contribution in [3.8, 4) is 11.3 Å². The fourth-order valence-electron chi connectivity index (χ4n) is 4.60. The van der Waals surface area contributed by atoms with Crippen molar-refractivity contribution >= 4 is 5.65 Å². The molecule has 1 saturated heterocycles.